The Hall–Kier alpha value is -3.68. The number of anilines is 2. The Morgan fingerprint density at radius 3 is 2.93 bits per heavy atom. The number of fused-ring (bicyclic) bond motifs is 1. The standard InChI is InChI=1S/C20H20N6O2/c1-25-18(24-20(28)16-7-3-9-21-19(16)25)14-5-2-6-15(13-14)23-17(27)8-12-26-11-4-10-22-26/h2-7,9-11,13,18H,8,12H2,1H3,(H,23,27)(H,24,28)/t18-/m0/s1. The third kappa shape index (κ3) is 3.57. The van der Waals surface area contributed by atoms with Crippen molar-refractivity contribution in [2.24, 2.45) is 0 Å². The fourth-order valence-corrected chi connectivity index (χ4v) is 3.24. The van der Waals surface area contributed by atoms with Gasteiger partial charge in [-0.3, -0.25) is 14.3 Å². The van der Waals surface area contributed by atoms with Crippen molar-refractivity contribution in [3.8, 4) is 0 Å². The number of nitrogens with zero attached hydrogens (tertiary/aromatic N) is 4. The third-order valence-electron chi connectivity index (χ3n) is 4.63. The molecule has 2 N–H and O–H groups in total. The van der Waals surface area contributed by atoms with Crippen LogP contribution in [0.5, 0.6) is 0 Å². The molecule has 0 bridgehead atoms. The number of benzene rings is 1. The molecule has 0 unspecified atom stereocenters. The van der Waals surface area contributed by atoms with Gasteiger partial charge in [-0.25, -0.2) is 4.98 Å². The van der Waals surface area contributed by atoms with Gasteiger partial charge in [0.2, 0.25) is 5.91 Å². The van der Waals surface area contributed by atoms with Crippen LogP contribution in [0.15, 0.2) is 61.1 Å². The molecule has 3 heterocycles. The summed E-state index contributed by atoms with van der Waals surface area (Å²) in [5.41, 5.74) is 2.08. The van der Waals surface area contributed by atoms with E-state index in [9.17, 15) is 9.59 Å². The molecule has 8 heteroatoms. The van der Waals surface area contributed by atoms with Gasteiger partial charge < -0.3 is 15.5 Å². The van der Waals surface area contributed by atoms with Gasteiger partial charge in [-0.15, -0.1) is 0 Å². The first kappa shape index (κ1) is 17.7. The molecule has 0 spiro atoms. The summed E-state index contributed by atoms with van der Waals surface area (Å²) in [6, 6.07) is 12.8. The molecule has 142 valence electrons. The van der Waals surface area contributed by atoms with E-state index in [1.165, 1.54) is 0 Å². The molecule has 1 aliphatic heterocycles. The Labute approximate surface area is 162 Å². The number of carbonyl (C=O) groups excluding carboxylic acids is 2. The van der Waals surface area contributed by atoms with Crippen LogP contribution in [0, 0.1) is 0 Å². The van der Waals surface area contributed by atoms with Crippen LogP contribution in [0.4, 0.5) is 11.5 Å². The zero-order valence-electron chi connectivity index (χ0n) is 15.4. The van der Waals surface area contributed by atoms with E-state index in [1.54, 1.807) is 29.2 Å². The van der Waals surface area contributed by atoms with E-state index in [0.717, 1.165) is 5.56 Å². The zero-order chi connectivity index (χ0) is 19.5. The van der Waals surface area contributed by atoms with Crippen molar-refractivity contribution in [2.75, 3.05) is 17.3 Å². The lowest BCUT2D eigenvalue weighted by Crippen LogP contribution is -2.45. The van der Waals surface area contributed by atoms with Gasteiger partial charge in [0.15, 0.2) is 0 Å². The minimum atomic E-state index is -0.365. The Morgan fingerprint density at radius 2 is 2.11 bits per heavy atom. The molecule has 28 heavy (non-hydrogen) atoms. The molecule has 1 aliphatic rings. The number of hydrogen-bond acceptors (Lipinski definition) is 5. The predicted octanol–water partition coefficient (Wildman–Crippen LogP) is 2.19. The van der Waals surface area contributed by atoms with Crippen molar-refractivity contribution in [1.29, 1.82) is 0 Å². The van der Waals surface area contributed by atoms with Crippen molar-refractivity contribution in [3.63, 3.8) is 0 Å². The normalized spacial score (nSPS) is 15.7. The zero-order valence-corrected chi connectivity index (χ0v) is 15.4. The van der Waals surface area contributed by atoms with E-state index in [0.29, 0.717) is 30.0 Å². The second-order valence-corrected chi connectivity index (χ2v) is 6.55. The van der Waals surface area contributed by atoms with E-state index >= 15 is 0 Å². The molecule has 4 rings (SSSR count). The van der Waals surface area contributed by atoms with Crippen LogP contribution >= 0.6 is 0 Å². The lowest BCUT2D eigenvalue weighted by atomic mass is 10.1. The average molecular weight is 376 g/mol. The maximum atomic E-state index is 12.4. The van der Waals surface area contributed by atoms with Gasteiger partial charge in [-0.1, -0.05) is 12.1 Å². The number of aryl methyl sites for hydroxylation is 1. The first-order valence-corrected chi connectivity index (χ1v) is 8.98. The smallest absolute Gasteiger partial charge is 0.256 e. The molecule has 2 aromatic heterocycles. The summed E-state index contributed by atoms with van der Waals surface area (Å²) in [5.74, 6) is 0.366. The second kappa shape index (κ2) is 7.51. The van der Waals surface area contributed by atoms with E-state index in [-0.39, 0.29) is 18.0 Å². The highest BCUT2D eigenvalue weighted by Gasteiger charge is 2.30. The number of hydrogen-bond donors (Lipinski definition) is 2. The highest BCUT2D eigenvalue weighted by Crippen LogP contribution is 2.30. The summed E-state index contributed by atoms with van der Waals surface area (Å²) in [4.78, 5) is 30.9. The Balaban J connectivity index is 1.48. The van der Waals surface area contributed by atoms with Crippen LogP contribution in [0.2, 0.25) is 0 Å². The van der Waals surface area contributed by atoms with Gasteiger partial charge in [0.25, 0.3) is 5.91 Å². The monoisotopic (exact) mass is 376 g/mol. The van der Waals surface area contributed by atoms with E-state index in [1.807, 2.05) is 48.5 Å². The molecule has 1 aromatic carbocycles. The van der Waals surface area contributed by atoms with Crippen LogP contribution in [0.1, 0.15) is 28.5 Å². The maximum Gasteiger partial charge on any atom is 0.256 e. The number of nitrogens with one attached hydrogen (secondary N) is 2. The Kier molecular flexibility index (Phi) is 4.76. The maximum absolute atomic E-state index is 12.4. The quantitative estimate of drug-likeness (QED) is 0.712. The van der Waals surface area contributed by atoms with Crippen molar-refractivity contribution in [1.82, 2.24) is 20.1 Å². The highest BCUT2D eigenvalue weighted by atomic mass is 16.2. The topological polar surface area (TPSA) is 92.2 Å². The number of carbonyl (C=O) groups is 2. The van der Waals surface area contributed by atoms with Crippen molar-refractivity contribution < 1.29 is 9.59 Å². The largest absolute Gasteiger partial charge is 0.335 e. The third-order valence-corrected chi connectivity index (χ3v) is 4.63. The van der Waals surface area contributed by atoms with E-state index < -0.39 is 0 Å². The highest BCUT2D eigenvalue weighted by molar-refractivity contribution is 6.01. The summed E-state index contributed by atoms with van der Waals surface area (Å²) in [6.45, 7) is 0.516. The van der Waals surface area contributed by atoms with Crippen LogP contribution < -0.4 is 15.5 Å². The average Bonchev–Trinajstić information content (AvgIpc) is 3.23. The van der Waals surface area contributed by atoms with E-state index in [2.05, 4.69) is 20.7 Å². The summed E-state index contributed by atoms with van der Waals surface area (Å²) in [6.07, 6.45) is 5.13. The molecular formula is C20H20N6O2. The van der Waals surface area contributed by atoms with Crippen LogP contribution in [0.3, 0.4) is 0 Å². The minimum Gasteiger partial charge on any atom is -0.335 e. The second-order valence-electron chi connectivity index (χ2n) is 6.55. The number of rotatable bonds is 5. The molecule has 1 atom stereocenters. The van der Waals surface area contributed by atoms with Crippen LogP contribution in [-0.4, -0.2) is 33.6 Å². The fourth-order valence-electron chi connectivity index (χ4n) is 3.24. The first-order valence-electron chi connectivity index (χ1n) is 8.98. The predicted molar refractivity (Wildman–Crippen MR) is 105 cm³/mol. The fraction of sp³-hybridized carbons (Fsp3) is 0.200. The molecular weight excluding hydrogens is 356 g/mol. The molecule has 0 fully saturated rings. The van der Waals surface area contributed by atoms with Gasteiger partial charge in [0, 0.05) is 44.3 Å². The Bertz CT molecular complexity index is 1000. The first-order chi connectivity index (χ1) is 13.6. The minimum absolute atomic E-state index is 0.0966. The molecule has 0 saturated carbocycles. The molecule has 0 radical (unpaired) electrons. The lowest BCUT2D eigenvalue weighted by molar-refractivity contribution is -0.116. The van der Waals surface area contributed by atoms with Crippen molar-refractivity contribution >= 4 is 23.3 Å². The molecule has 8 nitrogen and oxygen atoms in total. The van der Waals surface area contributed by atoms with Gasteiger partial charge >= 0.3 is 0 Å². The SMILES string of the molecule is CN1c2ncccc2C(=O)N[C@@H]1c1cccc(NC(=O)CCn2cccn2)c1. The number of aromatic nitrogens is 3. The summed E-state index contributed by atoms with van der Waals surface area (Å²) >= 11 is 0. The summed E-state index contributed by atoms with van der Waals surface area (Å²) in [5, 5.41) is 9.98. The molecule has 0 saturated heterocycles. The molecule has 3 aromatic rings. The van der Waals surface area contributed by atoms with Crippen LogP contribution in [0.25, 0.3) is 0 Å². The Morgan fingerprint density at radius 1 is 1.21 bits per heavy atom. The van der Waals surface area contributed by atoms with Gasteiger partial charge in [0.1, 0.15) is 12.0 Å². The molecule has 2 amide bonds. The molecule has 0 aliphatic carbocycles. The van der Waals surface area contributed by atoms with Gasteiger partial charge in [-0.2, -0.15) is 5.10 Å². The van der Waals surface area contributed by atoms with Crippen LogP contribution in [-0.2, 0) is 11.3 Å². The lowest BCUT2D eigenvalue weighted by Gasteiger charge is -2.35. The summed E-state index contributed by atoms with van der Waals surface area (Å²) < 4.78 is 1.72. The number of amides is 2. The van der Waals surface area contributed by atoms with Crippen molar-refractivity contribution in [3.05, 3.63) is 72.2 Å². The number of pyridine rings is 1. The summed E-state index contributed by atoms with van der Waals surface area (Å²) in [7, 11) is 1.88. The van der Waals surface area contributed by atoms with Gasteiger partial charge in [-0.05, 0) is 35.9 Å². The van der Waals surface area contributed by atoms with E-state index in [4.69, 9.17) is 0 Å². The van der Waals surface area contributed by atoms with Crippen molar-refractivity contribution in [2.45, 2.75) is 19.1 Å². The van der Waals surface area contributed by atoms with Gasteiger partial charge in [0.05, 0.1) is 5.56 Å².